The van der Waals surface area contributed by atoms with Gasteiger partial charge >= 0.3 is 0 Å². The van der Waals surface area contributed by atoms with Crippen LogP contribution < -0.4 is 0 Å². The maximum absolute atomic E-state index is 5.16. The van der Waals surface area contributed by atoms with Gasteiger partial charge in [0.25, 0.3) is 0 Å². The zero-order chi connectivity index (χ0) is 17.1. The first kappa shape index (κ1) is 16.1. The van der Waals surface area contributed by atoms with Gasteiger partial charge in [0.05, 0.1) is 11.4 Å². The van der Waals surface area contributed by atoms with E-state index in [0.717, 1.165) is 12.8 Å². The third-order valence-electron chi connectivity index (χ3n) is 5.18. The van der Waals surface area contributed by atoms with Crippen molar-refractivity contribution in [2.24, 2.45) is 0 Å². The first-order valence-electron chi connectivity index (χ1n) is 9.53. The average molecular weight is 327 g/mol. The second-order valence-corrected chi connectivity index (χ2v) is 7.01. The van der Waals surface area contributed by atoms with Gasteiger partial charge in [-0.15, -0.1) is 0 Å². The molecule has 1 aromatic heterocycles. The van der Waals surface area contributed by atoms with Crippen LogP contribution in [0.25, 0.3) is 22.5 Å². The molecule has 0 atom stereocenters. The smallest absolute Gasteiger partial charge is 0.0747 e. The highest BCUT2D eigenvalue weighted by molar-refractivity contribution is 5.77. The van der Waals surface area contributed by atoms with Crippen molar-refractivity contribution in [1.82, 2.24) is 4.98 Å². The van der Waals surface area contributed by atoms with Gasteiger partial charge in [-0.3, -0.25) is 0 Å². The molecule has 1 aliphatic carbocycles. The molecule has 2 aromatic carbocycles. The van der Waals surface area contributed by atoms with Crippen LogP contribution in [0.15, 0.2) is 60.7 Å². The third-order valence-corrected chi connectivity index (χ3v) is 5.18. The highest BCUT2D eigenvalue weighted by Gasteiger charge is 2.22. The monoisotopic (exact) mass is 327 g/mol. The molecule has 0 saturated heterocycles. The van der Waals surface area contributed by atoms with Crippen LogP contribution in [0.5, 0.6) is 0 Å². The molecule has 0 radical (unpaired) electrons. The zero-order valence-electron chi connectivity index (χ0n) is 15.0. The van der Waals surface area contributed by atoms with Crippen molar-refractivity contribution >= 4 is 0 Å². The Morgan fingerprint density at radius 2 is 1.60 bits per heavy atom. The molecule has 0 amide bonds. The molecule has 0 saturated carbocycles. The van der Waals surface area contributed by atoms with Crippen molar-refractivity contribution in [3.63, 3.8) is 0 Å². The van der Waals surface area contributed by atoms with E-state index < -0.39 is 0 Å². The number of nitrogens with zero attached hydrogens (tertiary/aromatic N) is 1. The highest BCUT2D eigenvalue weighted by Crippen LogP contribution is 2.38. The topological polar surface area (TPSA) is 12.9 Å². The molecule has 0 spiro atoms. The Balaban J connectivity index is 1.75. The van der Waals surface area contributed by atoms with Crippen molar-refractivity contribution < 1.29 is 0 Å². The molecule has 0 unspecified atom stereocenters. The Kier molecular flexibility index (Phi) is 4.65. The summed E-state index contributed by atoms with van der Waals surface area (Å²) in [5.74, 6) is 0. The molecular formula is C24H25N. The Labute approximate surface area is 150 Å². The second kappa shape index (κ2) is 7.23. The molecule has 0 N–H and O–H groups in total. The minimum Gasteiger partial charge on any atom is -0.247 e. The lowest BCUT2D eigenvalue weighted by atomic mass is 9.97. The molecule has 1 nitrogen and oxygen atoms in total. The molecule has 0 fully saturated rings. The van der Waals surface area contributed by atoms with E-state index in [-0.39, 0.29) is 0 Å². The standard InChI is InChI=1S/C24H25N/c1-2-3-4-6-14-20-17-21-16-19-13-9-10-15-22(19)24(21)25-23(20)18-11-7-5-8-12-18/h5,7-13,15,17H,2-4,6,14,16H2,1H3. The van der Waals surface area contributed by atoms with Gasteiger partial charge in [-0.2, -0.15) is 0 Å². The summed E-state index contributed by atoms with van der Waals surface area (Å²) in [6, 6.07) is 21.8. The summed E-state index contributed by atoms with van der Waals surface area (Å²) in [5, 5.41) is 0. The van der Waals surface area contributed by atoms with Crippen LogP contribution in [-0.4, -0.2) is 4.98 Å². The van der Waals surface area contributed by atoms with Crippen molar-refractivity contribution in [2.75, 3.05) is 0 Å². The quantitative estimate of drug-likeness (QED) is 0.371. The van der Waals surface area contributed by atoms with Gasteiger partial charge in [-0.1, -0.05) is 86.8 Å². The predicted octanol–water partition coefficient (Wildman–Crippen LogP) is 6.44. The summed E-state index contributed by atoms with van der Waals surface area (Å²) in [7, 11) is 0. The number of fused-ring (bicyclic) bond motifs is 3. The first-order chi connectivity index (χ1) is 12.4. The lowest BCUT2D eigenvalue weighted by Gasteiger charge is -2.12. The van der Waals surface area contributed by atoms with E-state index in [9.17, 15) is 0 Å². The van der Waals surface area contributed by atoms with E-state index in [4.69, 9.17) is 4.98 Å². The van der Waals surface area contributed by atoms with Crippen molar-refractivity contribution in [3.8, 4) is 22.5 Å². The molecule has 1 aliphatic rings. The van der Waals surface area contributed by atoms with E-state index in [1.807, 2.05) is 0 Å². The van der Waals surface area contributed by atoms with E-state index in [0.29, 0.717) is 0 Å². The van der Waals surface area contributed by atoms with Gasteiger partial charge in [-0.05, 0) is 29.5 Å². The van der Waals surface area contributed by atoms with Crippen LogP contribution >= 0.6 is 0 Å². The Bertz CT molecular complexity index is 865. The van der Waals surface area contributed by atoms with Crippen LogP contribution in [0, 0.1) is 0 Å². The summed E-state index contributed by atoms with van der Waals surface area (Å²) in [6.07, 6.45) is 7.31. The molecular weight excluding hydrogens is 302 g/mol. The van der Waals surface area contributed by atoms with Gasteiger partial charge < -0.3 is 0 Å². The minimum absolute atomic E-state index is 1.02. The fourth-order valence-corrected chi connectivity index (χ4v) is 3.86. The fraction of sp³-hybridized carbons (Fsp3) is 0.292. The molecule has 25 heavy (non-hydrogen) atoms. The Hall–Kier alpha value is -2.41. The van der Waals surface area contributed by atoms with Crippen LogP contribution in [0.4, 0.5) is 0 Å². The lowest BCUT2D eigenvalue weighted by molar-refractivity contribution is 0.666. The molecule has 126 valence electrons. The van der Waals surface area contributed by atoms with Crippen LogP contribution in [0.3, 0.4) is 0 Å². The fourth-order valence-electron chi connectivity index (χ4n) is 3.86. The van der Waals surface area contributed by atoms with Gasteiger partial charge in [0.15, 0.2) is 0 Å². The van der Waals surface area contributed by atoms with Crippen molar-refractivity contribution in [3.05, 3.63) is 77.4 Å². The number of rotatable bonds is 6. The average Bonchev–Trinajstić information content (AvgIpc) is 3.03. The number of aryl methyl sites for hydroxylation is 1. The van der Waals surface area contributed by atoms with E-state index in [2.05, 4.69) is 67.6 Å². The maximum Gasteiger partial charge on any atom is 0.0747 e. The van der Waals surface area contributed by atoms with Gasteiger partial charge in [-0.25, -0.2) is 4.98 Å². The molecule has 4 rings (SSSR count). The molecule has 3 aromatic rings. The van der Waals surface area contributed by atoms with E-state index in [1.54, 1.807) is 0 Å². The first-order valence-corrected chi connectivity index (χ1v) is 9.53. The summed E-state index contributed by atoms with van der Waals surface area (Å²) < 4.78 is 0. The highest BCUT2D eigenvalue weighted by atomic mass is 14.7. The van der Waals surface area contributed by atoms with Crippen molar-refractivity contribution in [2.45, 2.75) is 45.4 Å². The SMILES string of the molecule is CCCCCCc1cc2c(nc1-c1ccccc1)-c1ccccc1C2. The molecule has 1 heterocycles. The Morgan fingerprint density at radius 3 is 2.44 bits per heavy atom. The molecule has 0 aliphatic heterocycles. The van der Waals surface area contributed by atoms with E-state index >= 15 is 0 Å². The second-order valence-electron chi connectivity index (χ2n) is 7.01. The van der Waals surface area contributed by atoms with E-state index in [1.165, 1.54) is 64.9 Å². The number of aromatic nitrogens is 1. The normalized spacial score (nSPS) is 12.0. The minimum atomic E-state index is 1.02. The molecule has 1 heteroatoms. The summed E-state index contributed by atoms with van der Waals surface area (Å²) in [6.45, 7) is 2.27. The number of hydrogen-bond donors (Lipinski definition) is 0. The summed E-state index contributed by atoms with van der Waals surface area (Å²) in [4.78, 5) is 5.16. The number of unbranched alkanes of at least 4 members (excludes halogenated alkanes) is 3. The van der Waals surface area contributed by atoms with Gasteiger partial charge in [0.2, 0.25) is 0 Å². The van der Waals surface area contributed by atoms with Gasteiger partial charge in [0, 0.05) is 17.5 Å². The largest absolute Gasteiger partial charge is 0.247 e. The van der Waals surface area contributed by atoms with Crippen molar-refractivity contribution in [1.29, 1.82) is 0 Å². The lowest BCUT2D eigenvalue weighted by Crippen LogP contribution is -1.98. The molecule has 0 bridgehead atoms. The predicted molar refractivity (Wildman–Crippen MR) is 106 cm³/mol. The maximum atomic E-state index is 5.16. The third kappa shape index (κ3) is 3.24. The number of hydrogen-bond acceptors (Lipinski definition) is 1. The number of benzene rings is 2. The van der Waals surface area contributed by atoms with Crippen LogP contribution in [0.2, 0.25) is 0 Å². The summed E-state index contributed by atoms with van der Waals surface area (Å²) >= 11 is 0. The van der Waals surface area contributed by atoms with Crippen LogP contribution in [-0.2, 0) is 12.8 Å². The number of pyridine rings is 1. The van der Waals surface area contributed by atoms with Gasteiger partial charge in [0.1, 0.15) is 0 Å². The zero-order valence-corrected chi connectivity index (χ0v) is 15.0. The summed E-state index contributed by atoms with van der Waals surface area (Å²) in [5.41, 5.74) is 9.12. The van der Waals surface area contributed by atoms with Crippen LogP contribution in [0.1, 0.15) is 49.3 Å². The Morgan fingerprint density at radius 1 is 0.800 bits per heavy atom.